The first-order valence-corrected chi connectivity index (χ1v) is 6.04. The predicted octanol–water partition coefficient (Wildman–Crippen LogP) is 4.15. The van der Waals surface area contributed by atoms with E-state index in [2.05, 4.69) is 34.1 Å². The van der Waals surface area contributed by atoms with Crippen LogP contribution in [0.1, 0.15) is 23.5 Å². The highest BCUT2D eigenvalue weighted by atomic mass is 79.9. The second-order valence-corrected chi connectivity index (χ2v) is 4.82. The molecular formula is C11H12BrCl. The number of hydrogen-bond donors (Lipinski definition) is 0. The number of benzene rings is 1. The van der Waals surface area contributed by atoms with Gasteiger partial charge in [0.05, 0.1) is 0 Å². The lowest BCUT2D eigenvalue weighted by molar-refractivity contribution is 0.936. The van der Waals surface area contributed by atoms with E-state index in [-0.39, 0.29) is 0 Å². The molecule has 2 rings (SSSR count). The lowest BCUT2D eigenvalue weighted by Crippen LogP contribution is -1.85. The van der Waals surface area contributed by atoms with Crippen LogP contribution in [0.5, 0.6) is 0 Å². The minimum atomic E-state index is 0.748. The van der Waals surface area contributed by atoms with Crippen LogP contribution in [0.4, 0.5) is 0 Å². The lowest BCUT2D eigenvalue weighted by Gasteiger charge is -2.02. The molecule has 0 aliphatic heterocycles. The Labute approximate surface area is 92.4 Å². The standard InChI is InChI=1S/C11H12BrCl/c1-7-2-3-8(5-11(7)13)10-4-9(10)6-12/h2-3,5,9-10H,4,6H2,1H3. The van der Waals surface area contributed by atoms with Gasteiger partial charge in [0.2, 0.25) is 0 Å². The zero-order valence-corrected chi connectivity index (χ0v) is 9.90. The Morgan fingerprint density at radius 1 is 1.54 bits per heavy atom. The fourth-order valence-corrected chi connectivity index (χ4v) is 2.57. The summed E-state index contributed by atoms with van der Waals surface area (Å²) >= 11 is 9.58. The van der Waals surface area contributed by atoms with Crippen LogP contribution in [0.3, 0.4) is 0 Å². The van der Waals surface area contributed by atoms with Crippen LogP contribution >= 0.6 is 27.5 Å². The van der Waals surface area contributed by atoms with Gasteiger partial charge in [-0.25, -0.2) is 0 Å². The minimum absolute atomic E-state index is 0.748. The SMILES string of the molecule is Cc1ccc(C2CC2CBr)cc1Cl. The highest BCUT2D eigenvalue weighted by Gasteiger charge is 2.37. The maximum atomic E-state index is 6.06. The molecule has 0 aromatic heterocycles. The van der Waals surface area contributed by atoms with E-state index in [0.717, 1.165) is 22.2 Å². The van der Waals surface area contributed by atoms with Crippen LogP contribution in [-0.4, -0.2) is 5.33 Å². The molecule has 2 atom stereocenters. The first kappa shape index (κ1) is 9.54. The zero-order chi connectivity index (χ0) is 9.42. The topological polar surface area (TPSA) is 0 Å². The summed E-state index contributed by atoms with van der Waals surface area (Å²) < 4.78 is 0. The Balaban J connectivity index is 2.19. The van der Waals surface area contributed by atoms with Gasteiger partial charge in [0.25, 0.3) is 0 Å². The molecule has 1 aliphatic carbocycles. The van der Waals surface area contributed by atoms with Gasteiger partial charge < -0.3 is 0 Å². The molecule has 1 fully saturated rings. The van der Waals surface area contributed by atoms with Crippen molar-refractivity contribution in [3.05, 3.63) is 34.3 Å². The molecule has 0 bridgehead atoms. The summed E-state index contributed by atoms with van der Waals surface area (Å²) in [4.78, 5) is 0. The highest BCUT2D eigenvalue weighted by molar-refractivity contribution is 9.09. The molecule has 1 aliphatic rings. The largest absolute Gasteiger partial charge is 0.0925 e. The van der Waals surface area contributed by atoms with Gasteiger partial charge in [-0.3, -0.25) is 0 Å². The smallest absolute Gasteiger partial charge is 0.0438 e. The summed E-state index contributed by atoms with van der Waals surface area (Å²) in [6.45, 7) is 2.04. The monoisotopic (exact) mass is 258 g/mol. The Morgan fingerprint density at radius 3 is 2.85 bits per heavy atom. The van der Waals surface area contributed by atoms with Crippen LogP contribution in [-0.2, 0) is 0 Å². The summed E-state index contributed by atoms with van der Waals surface area (Å²) in [6.07, 6.45) is 1.31. The Morgan fingerprint density at radius 2 is 2.31 bits per heavy atom. The van der Waals surface area contributed by atoms with Crippen molar-refractivity contribution in [2.45, 2.75) is 19.3 Å². The maximum absolute atomic E-state index is 6.06. The summed E-state index contributed by atoms with van der Waals surface area (Å²) in [5.41, 5.74) is 2.57. The number of rotatable bonds is 2. The van der Waals surface area contributed by atoms with E-state index in [1.54, 1.807) is 0 Å². The zero-order valence-electron chi connectivity index (χ0n) is 7.56. The first-order chi connectivity index (χ1) is 6.22. The summed E-state index contributed by atoms with van der Waals surface area (Å²) in [7, 11) is 0. The fraction of sp³-hybridized carbons (Fsp3) is 0.455. The quantitative estimate of drug-likeness (QED) is 0.700. The third kappa shape index (κ3) is 1.92. The molecule has 0 radical (unpaired) electrons. The van der Waals surface area contributed by atoms with Crippen molar-refractivity contribution >= 4 is 27.5 Å². The second kappa shape index (κ2) is 3.62. The third-order valence-electron chi connectivity index (χ3n) is 2.74. The van der Waals surface area contributed by atoms with E-state index in [1.807, 2.05) is 6.92 Å². The average Bonchev–Trinajstić information content (AvgIpc) is 2.88. The van der Waals surface area contributed by atoms with E-state index in [9.17, 15) is 0 Å². The molecule has 1 aromatic rings. The molecule has 13 heavy (non-hydrogen) atoms. The van der Waals surface area contributed by atoms with E-state index in [4.69, 9.17) is 11.6 Å². The Kier molecular flexibility index (Phi) is 2.66. The van der Waals surface area contributed by atoms with Gasteiger partial charge in [-0.15, -0.1) is 0 Å². The molecule has 1 aromatic carbocycles. The third-order valence-corrected chi connectivity index (χ3v) is 3.98. The number of hydrogen-bond acceptors (Lipinski definition) is 0. The molecular weight excluding hydrogens is 247 g/mol. The van der Waals surface area contributed by atoms with Crippen molar-refractivity contribution in [3.63, 3.8) is 0 Å². The average molecular weight is 260 g/mol. The first-order valence-electron chi connectivity index (χ1n) is 4.54. The van der Waals surface area contributed by atoms with Crippen LogP contribution in [0.15, 0.2) is 18.2 Å². The summed E-state index contributed by atoms with van der Waals surface area (Å²) in [6, 6.07) is 6.43. The van der Waals surface area contributed by atoms with Crippen molar-refractivity contribution in [2.75, 3.05) is 5.33 Å². The van der Waals surface area contributed by atoms with Gasteiger partial charge in [-0.2, -0.15) is 0 Å². The number of alkyl halides is 1. The highest BCUT2D eigenvalue weighted by Crippen LogP contribution is 2.48. The lowest BCUT2D eigenvalue weighted by atomic mass is 10.1. The van der Waals surface area contributed by atoms with E-state index < -0.39 is 0 Å². The predicted molar refractivity (Wildman–Crippen MR) is 60.8 cm³/mol. The molecule has 0 saturated heterocycles. The van der Waals surface area contributed by atoms with Crippen molar-refractivity contribution in [1.82, 2.24) is 0 Å². The summed E-state index contributed by atoms with van der Waals surface area (Å²) in [5.74, 6) is 1.58. The van der Waals surface area contributed by atoms with Gasteiger partial charge in [0.15, 0.2) is 0 Å². The molecule has 0 spiro atoms. The van der Waals surface area contributed by atoms with E-state index >= 15 is 0 Å². The molecule has 0 amide bonds. The van der Waals surface area contributed by atoms with Gasteiger partial charge >= 0.3 is 0 Å². The van der Waals surface area contributed by atoms with Crippen molar-refractivity contribution in [3.8, 4) is 0 Å². The normalized spacial score (nSPS) is 26.1. The van der Waals surface area contributed by atoms with Gasteiger partial charge in [-0.05, 0) is 42.4 Å². The fourth-order valence-electron chi connectivity index (χ4n) is 1.67. The van der Waals surface area contributed by atoms with Gasteiger partial charge in [0.1, 0.15) is 0 Å². The van der Waals surface area contributed by atoms with Gasteiger partial charge in [-0.1, -0.05) is 39.7 Å². The van der Waals surface area contributed by atoms with Crippen LogP contribution in [0.2, 0.25) is 5.02 Å². The molecule has 70 valence electrons. The molecule has 1 saturated carbocycles. The Bertz CT molecular complexity index is 322. The molecule has 2 heteroatoms. The Hall–Kier alpha value is -0.0100. The number of halogens is 2. The van der Waals surface area contributed by atoms with E-state index in [0.29, 0.717) is 0 Å². The van der Waals surface area contributed by atoms with E-state index in [1.165, 1.54) is 17.5 Å². The maximum Gasteiger partial charge on any atom is 0.0438 e. The van der Waals surface area contributed by atoms with Crippen molar-refractivity contribution in [1.29, 1.82) is 0 Å². The molecule has 0 nitrogen and oxygen atoms in total. The van der Waals surface area contributed by atoms with Crippen LogP contribution in [0, 0.1) is 12.8 Å². The molecule has 2 unspecified atom stereocenters. The van der Waals surface area contributed by atoms with Crippen molar-refractivity contribution in [2.24, 2.45) is 5.92 Å². The molecule has 0 N–H and O–H groups in total. The van der Waals surface area contributed by atoms with Gasteiger partial charge in [0, 0.05) is 10.4 Å². The minimum Gasteiger partial charge on any atom is -0.0925 e. The molecule has 0 heterocycles. The van der Waals surface area contributed by atoms with Crippen LogP contribution in [0.25, 0.3) is 0 Å². The van der Waals surface area contributed by atoms with Crippen molar-refractivity contribution < 1.29 is 0 Å². The summed E-state index contributed by atoms with van der Waals surface area (Å²) in [5, 5.41) is 2.01. The second-order valence-electron chi connectivity index (χ2n) is 3.77. The number of aryl methyl sites for hydroxylation is 1. The van der Waals surface area contributed by atoms with Crippen LogP contribution < -0.4 is 0 Å².